The molecule has 0 radical (unpaired) electrons. The van der Waals surface area contributed by atoms with Crippen molar-refractivity contribution in [1.29, 1.82) is 0 Å². The molecule has 0 aromatic heterocycles. The number of amides is 1. The molecule has 0 aliphatic heterocycles. The number of nitrogens with zero attached hydrogens (tertiary/aromatic N) is 1. The molecule has 0 bridgehead atoms. The van der Waals surface area contributed by atoms with E-state index in [4.69, 9.17) is 5.11 Å². The fraction of sp³-hybridized carbons (Fsp3) is 0.833. The molecule has 3 atom stereocenters. The fourth-order valence-electron chi connectivity index (χ4n) is 2.56. The van der Waals surface area contributed by atoms with Gasteiger partial charge >= 0.3 is 5.97 Å². The quantitative estimate of drug-likeness (QED) is 0.750. The van der Waals surface area contributed by atoms with Crippen LogP contribution in [-0.4, -0.2) is 54.4 Å². The zero-order valence-electron chi connectivity index (χ0n) is 11.1. The summed E-state index contributed by atoms with van der Waals surface area (Å²) < 4.78 is 22.7. The van der Waals surface area contributed by atoms with Crippen molar-refractivity contribution in [3.63, 3.8) is 0 Å². The minimum absolute atomic E-state index is 0.0697. The average molecular weight is 289 g/mol. The molecule has 0 spiro atoms. The largest absolute Gasteiger partial charge is 0.481 e. The number of carboxylic acids is 1. The zero-order chi connectivity index (χ0) is 14.4. The maximum Gasteiger partial charge on any atom is 0.307 e. The van der Waals surface area contributed by atoms with Gasteiger partial charge in [-0.25, -0.2) is 8.42 Å². The molecular weight excluding hydrogens is 270 g/mol. The van der Waals surface area contributed by atoms with Crippen molar-refractivity contribution in [3.05, 3.63) is 0 Å². The van der Waals surface area contributed by atoms with Gasteiger partial charge in [0, 0.05) is 18.3 Å². The number of sulfone groups is 1. The highest BCUT2D eigenvalue weighted by Crippen LogP contribution is 2.42. The first-order valence-electron chi connectivity index (χ1n) is 6.43. The van der Waals surface area contributed by atoms with Crippen molar-refractivity contribution in [2.24, 2.45) is 11.8 Å². The second kappa shape index (κ2) is 4.77. The van der Waals surface area contributed by atoms with Crippen LogP contribution in [0.3, 0.4) is 0 Å². The fourth-order valence-corrected chi connectivity index (χ4v) is 3.60. The molecule has 2 saturated carbocycles. The van der Waals surface area contributed by atoms with Crippen LogP contribution in [0.1, 0.15) is 26.2 Å². The summed E-state index contributed by atoms with van der Waals surface area (Å²) in [5.74, 6) is -2.24. The van der Waals surface area contributed by atoms with Crippen LogP contribution in [0.5, 0.6) is 0 Å². The van der Waals surface area contributed by atoms with E-state index < -0.39 is 27.6 Å². The zero-order valence-corrected chi connectivity index (χ0v) is 11.9. The Hall–Kier alpha value is -1.11. The summed E-state index contributed by atoms with van der Waals surface area (Å²) in [7, 11) is -3.15. The summed E-state index contributed by atoms with van der Waals surface area (Å²) in [6.45, 7) is 1.72. The number of aliphatic carboxylic acids is 1. The lowest BCUT2D eigenvalue weighted by atomic mass is 10.2. The number of carbonyl (C=O) groups is 2. The molecular formula is C12H19NO5S. The average Bonchev–Trinajstić information content (AvgIpc) is 3.10. The highest BCUT2D eigenvalue weighted by Gasteiger charge is 2.52. The van der Waals surface area contributed by atoms with Crippen LogP contribution in [-0.2, 0) is 19.4 Å². The first-order valence-corrected chi connectivity index (χ1v) is 8.49. The molecule has 1 amide bonds. The van der Waals surface area contributed by atoms with Gasteiger partial charge < -0.3 is 10.0 Å². The van der Waals surface area contributed by atoms with Crippen molar-refractivity contribution in [2.45, 2.75) is 38.3 Å². The van der Waals surface area contributed by atoms with E-state index in [0.717, 1.165) is 19.1 Å². The Morgan fingerprint density at radius 1 is 1.32 bits per heavy atom. The smallest absolute Gasteiger partial charge is 0.307 e. The van der Waals surface area contributed by atoms with Crippen molar-refractivity contribution in [3.8, 4) is 0 Å². The predicted molar refractivity (Wildman–Crippen MR) is 68.3 cm³/mol. The van der Waals surface area contributed by atoms with Gasteiger partial charge in [0.2, 0.25) is 5.91 Å². The molecule has 2 aliphatic rings. The van der Waals surface area contributed by atoms with Crippen LogP contribution in [0.4, 0.5) is 0 Å². The number of rotatable bonds is 6. The van der Waals surface area contributed by atoms with E-state index in [1.807, 2.05) is 0 Å². The summed E-state index contributed by atoms with van der Waals surface area (Å²) in [5, 5.41) is 8.87. The normalized spacial score (nSPS) is 27.7. The van der Waals surface area contributed by atoms with E-state index in [-0.39, 0.29) is 23.7 Å². The van der Waals surface area contributed by atoms with Gasteiger partial charge in [-0.3, -0.25) is 9.59 Å². The maximum atomic E-state index is 12.3. The Bertz CT molecular complexity index is 496. The van der Waals surface area contributed by atoms with Gasteiger partial charge in [0.1, 0.15) is 9.84 Å². The van der Waals surface area contributed by atoms with Crippen LogP contribution in [0.2, 0.25) is 0 Å². The van der Waals surface area contributed by atoms with Crippen LogP contribution in [0.25, 0.3) is 0 Å². The van der Waals surface area contributed by atoms with Gasteiger partial charge in [0.15, 0.2) is 0 Å². The highest BCUT2D eigenvalue weighted by molar-refractivity contribution is 7.90. The van der Waals surface area contributed by atoms with Crippen LogP contribution >= 0.6 is 0 Å². The molecule has 0 aromatic carbocycles. The molecule has 2 fully saturated rings. The van der Waals surface area contributed by atoms with Gasteiger partial charge in [-0.2, -0.15) is 0 Å². The number of hydrogen-bond acceptors (Lipinski definition) is 4. The topological polar surface area (TPSA) is 91.8 Å². The molecule has 7 heteroatoms. The number of carboxylic acid groups (broad SMARTS) is 1. The van der Waals surface area contributed by atoms with Gasteiger partial charge in [-0.05, 0) is 26.2 Å². The number of hydrogen-bond donors (Lipinski definition) is 1. The van der Waals surface area contributed by atoms with Gasteiger partial charge in [-0.15, -0.1) is 0 Å². The summed E-state index contributed by atoms with van der Waals surface area (Å²) in [5.41, 5.74) is 0. The van der Waals surface area contributed by atoms with Crippen LogP contribution in [0, 0.1) is 11.8 Å². The lowest BCUT2D eigenvalue weighted by molar-refractivity contribution is -0.142. The first-order chi connectivity index (χ1) is 8.70. The molecule has 0 saturated heterocycles. The Morgan fingerprint density at radius 3 is 2.26 bits per heavy atom. The molecule has 0 heterocycles. The Balaban J connectivity index is 2.04. The molecule has 0 unspecified atom stereocenters. The molecule has 2 rings (SSSR count). The summed E-state index contributed by atoms with van der Waals surface area (Å²) in [4.78, 5) is 24.7. The minimum Gasteiger partial charge on any atom is -0.481 e. The van der Waals surface area contributed by atoms with E-state index in [1.54, 1.807) is 11.8 Å². The van der Waals surface area contributed by atoms with E-state index in [1.165, 1.54) is 0 Å². The van der Waals surface area contributed by atoms with Crippen molar-refractivity contribution in [2.75, 3.05) is 12.0 Å². The van der Waals surface area contributed by atoms with E-state index in [0.29, 0.717) is 6.42 Å². The standard InChI is InChI=1S/C12H19NO5S/c1-7(6-19(2,17)18)13(8-3-4-8)11(14)9-5-10(9)12(15)16/h7-10H,3-6H2,1-2H3,(H,15,16)/t7-,9+,10+/m1/s1. The van der Waals surface area contributed by atoms with Crippen molar-refractivity contribution < 1.29 is 23.1 Å². The summed E-state index contributed by atoms with van der Waals surface area (Å²) >= 11 is 0. The molecule has 2 aliphatic carbocycles. The molecule has 6 nitrogen and oxygen atoms in total. The van der Waals surface area contributed by atoms with E-state index in [2.05, 4.69) is 0 Å². The summed E-state index contributed by atoms with van der Waals surface area (Å²) in [6.07, 6.45) is 3.29. The van der Waals surface area contributed by atoms with Gasteiger partial charge in [0.25, 0.3) is 0 Å². The predicted octanol–water partition coefficient (Wildman–Crippen LogP) is 0.131. The lowest BCUT2D eigenvalue weighted by Crippen LogP contribution is -2.45. The lowest BCUT2D eigenvalue weighted by Gasteiger charge is -2.29. The third kappa shape index (κ3) is 3.46. The third-order valence-corrected chi connectivity index (χ3v) is 4.73. The molecule has 108 valence electrons. The summed E-state index contributed by atoms with van der Waals surface area (Å²) in [6, 6.07) is -0.288. The second-order valence-electron chi connectivity index (χ2n) is 5.71. The monoisotopic (exact) mass is 289 g/mol. The third-order valence-electron chi connectivity index (χ3n) is 3.64. The van der Waals surface area contributed by atoms with Crippen molar-refractivity contribution in [1.82, 2.24) is 4.90 Å². The van der Waals surface area contributed by atoms with Crippen LogP contribution in [0.15, 0.2) is 0 Å². The van der Waals surface area contributed by atoms with E-state index in [9.17, 15) is 18.0 Å². The second-order valence-corrected chi connectivity index (χ2v) is 7.89. The maximum absolute atomic E-state index is 12.3. The van der Waals surface area contributed by atoms with E-state index >= 15 is 0 Å². The first kappa shape index (κ1) is 14.3. The molecule has 1 N–H and O–H groups in total. The van der Waals surface area contributed by atoms with Gasteiger partial charge in [0.05, 0.1) is 17.6 Å². The SMILES string of the molecule is C[C@H](CS(C)(=O)=O)N(C(=O)[C@H]1C[C@@H]1C(=O)O)C1CC1. The molecule has 19 heavy (non-hydrogen) atoms. The minimum atomic E-state index is -3.15. The molecule has 0 aromatic rings. The van der Waals surface area contributed by atoms with Crippen molar-refractivity contribution >= 4 is 21.7 Å². The van der Waals surface area contributed by atoms with Crippen LogP contribution < -0.4 is 0 Å². The Morgan fingerprint density at radius 2 is 1.89 bits per heavy atom. The Kier molecular flexibility index (Phi) is 3.59. The number of carbonyl (C=O) groups excluding carboxylic acids is 1. The Labute approximate surface area is 112 Å². The van der Waals surface area contributed by atoms with Gasteiger partial charge in [-0.1, -0.05) is 0 Å². The highest BCUT2D eigenvalue weighted by atomic mass is 32.2.